The second kappa shape index (κ2) is 5.35. The number of alkyl halides is 3. The number of hydrogen-bond acceptors (Lipinski definition) is 3. The Morgan fingerprint density at radius 3 is 2.24 bits per heavy atom. The lowest BCUT2D eigenvalue weighted by molar-refractivity contribution is -0.247. The average Bonchev–Trinajstić information content (AvgIpc) is 2.83. The number of hydrogen-bond donors (Lipinski definition) is 1. The van der Waals surface area contributed by atoms with Crippen molar-refractivity contribution in [3.63, 3.8) is 0 Å². The van der Waals surface area contributed by atoms with Gasteiger partial charge in [-0.3, -0.25) is 0 Å². The molecular formula is C15H15F3O2S. The fraction of sp³-hybridized carbons (Fsp3) is 0.333. The van der Waals surface area contributed by atoms with Crippen LogP contribution in [0.15, 0.2) is 30.3 Å². The van der Waals surface area contributed by atoms with Gasteiger partial charge in [0, 0.05) is 10.4 Å². The van der Waals surface area contributed by atoms with E-state index in [1.54, 1.807) is 26.0 Å². The molecule has 1 aromatic carbocycles. The van der Waals surface area contributed by atoms with Crippen molar-refractivity contribution in [1.82, 2.24) is 0 Å². The zero-order valence-corrected chi connectivity index (χ0v) is 12.6. The van der Waals surface area contributed by atoms with E-state index in [0.29, 0.717) is 10.4 Å². The first-order valence-corrected chi connectivity index (χ1v) is 7.03. The molecule has 1 heterocycles. The van der Waals surface area contributed by atoms with Gasteiger partial charge in [0.1, 0.15) is 5.75 Å². The number of rotatable bonds is 3. The predicted molar refractivity (Wildman–Crippen MR) is 75.8 cm³/mol. The van der Waals surface area contributed by atoms with E-state index in [-0.39, 0.29) is 16.2 Å². The first-order chi connectivity index (χ1) is 9.70. The van der Waals surface area contributed by atoms with E-state index in [9.17, 15) is 18.3 Å². The van der Waals surface area contributed by atoms with E-state index in [1.165, 1.54) is 25.3 Å². The van der Waals surface area contributed by atoms with Crippen molar-refractivity contribution in [2.45, 2.75) is 25.6 Å². The molecule has 0 saturated carbocycles. The van der Waals surface area contributed by atoms with E-state index in [2.05, 4.69) is 0 Å². The molecular weight excluding hydrogens is 301 g/mol. The van der Waals surface area contributed by atoms with Crippen LogP contribution in [-0.2, 0) is 5.60 Å². The van der Waals surface area contributed by atoms with Crippen LogP contribution in [0.4, 0.5) is 13.2 Å². The maximum absolute atomic E-state index is 13.6. The summed E-state index contributed by atoms with van der Waals surface area (Å²) in [6, 6.07) is 7.23. The number of aryl methyl sites for hydroxylation is 2. The SMILES string of the molecule is COc1ccc(C)cc1C(O)(c1ccc(C)s1)C(F)(F)F. The minimum Gasteiger partial charge on any atom is -0.496 e. The molecule has 0 fully saturated rings. The lowest BCUT2D eigenvalue weighted by Crippen LogP contribution is -2.43. The Bertz CT molecular complexity index is 649. The molecule has 1 aromatic heterocycles. The second-order valence-corrected chi connectivity index (χ2v) is 6.11. The first-order valence-electron chi connectivity index (χ1n) is 6.21. The number of benzene rings is 1. The predicted octanol–water partition coefficient (Wildman–Crippen LogP) is 4.17. The normalized spacial score (nSPS) is 14.8. The lowest BCUT2D eigenvalue weighted by Gasteiger charge is -2.31. The third-order valence-electron chi connectivity index (χ3n) is 3.25. The summed E-state index contributed by atoms with van der Waals surface area (Å²) < 4.78 is 45.9. The van der Waals surface area contributed by atoms with Gasteiger partial charge < -0.3 is 9.84 Å². The fourth-order valence-corrected chi connectivity index (χ4v) is 3.15. The Morgan fingerprint density at radius 1 is 1.10 bits per heavy atom. The standard InChI is InChI=1S/C15H15F3O2S/c1-9-4-6-12(20-3)11(8-9)14(19,15(16,17)18)13-7-5-10(2)21-13/h4-8,19H,1-3H3. The van der Waals surface area contributed by atoms with Crippen LogP contribution >= 0.6 is 11.3 Å². The molecule has 0 aliphatic heterocycles. The van der Waals surface area contributed by atoms with Crippen LogP contribution in [-0.4, -0.2) is 18.4 Å². The van der Waals surface area contributed by atoms with Crippen LogP contribution in [0, 0.1) is 13.8 Å². The zero-order chi connectivity index (χ0) is 15.8. The van der Waals surface area contributed by atoms with Crippen molar-refractivity contribution in [3.05, 3.63) is 51.2 Å². The third-order valence-corrected chi connectivity index (χ3v) is 4.36. The monoisotopic (exact) mass is 316 g/mol. The third kappa shape index (κ3) is 2.65. The Hall–Kier alpha value is -1.53. The van der Waals surface area contributed by atoms with Gasteiger partial charge in [-0.2, -0.15) is 13.2 Å². The molecule has 21 heavy (non-hydrogen) atoms. The summed E-state index contributed by atoms with van der Waals surface area (Å²) in [4.78, 5) is 0.524. The van der Waals surface area contributed by atoms with Gasteiger partial charge in [0.05, 0.1) is 12.0 Å². The van der Waals surface area contributed by atoms with Gasteiger partial charge in [-0.05, 0) is 38.1 Å². The summed E-state index contributed by atoms with van der Waals surface area (Å²) in [5.41, 5.74) is -2.76. The van der Waals surface area contributed by atoms with Gasteiger partial charge in [0.15, 0.2) is 0 Å². The van der Waals surface area contributed by atoms with Crippen LogP contribution < -0.4 is 4.74 Å². The summed E-state index contributed by atoms with van der Waals surface area (Å²) in [6.07, 6.45) is -4.86. The molecule has 0 bridgehead atoms. The molecule has 0 aliphatic carbocycles. The van der Waals surface area contributed by atoms with Gasteiger partial charge in [-0.25, -0.2) is 0 Å². The summed E-state index contributed by atoms with van der Waals surface area (Å²) in [7, 11) is 1.28. The van der Waals surface area contributed by atoms with Gasteiger partial charge >= 0.3 is 6.18 Å². The molecule has 0 amide bonds. The van der Waals surface area contributed by atoms with Gasteiger partial charge in [-0.1, -0.05) is 11.6 Å². The van der Waals surface area contributed by atoms with E-state index in [1.807, 2.05) is 0 Å². The highest BCUT2D eigenvalue weighted by Crippen LogP contribution is 2.49. The molecule has 1 N–H and O–H groups in total. The highest BCUT2D eigenvalue weighted by molar-refractivity contribution is 7.12. The Morgan fingerprint density at radius 2 is 1.76 bits per heavy atom. The Labute approximate surface area is 124 Å². The molecule has 2 rings (SSSR count). The summed E-state index contributed by atoms with van der Waals surface area (Å²) in [5, 5.41) is 10.5. The summed E-state index contributed by atoms with van der Waals surface area (Å²) in [6.45, 7) is 3.36. The van der Waals surface area contributed by atoms with Crippen molar-refractivity contribution >= 4 is 11.3 Å². The van der Waals surface area contributed by atoms with Crippen molar-refractivity contribution in [2.24, 2.45) is 0 Å². The molecule has 0 spiro atoms. The summed E-state index contributed by atoms with van der Waals surface area (Å²) in [5.74, 6) is 0.00600. The number of ether oxygens (including phenoxy) is 1. The van der Waals surface area contributed by atoms with Crippen molar-refractivity contribution in [2.75, 3.05) is 7.11 Å². The molecule has 0 aliphatic rings. The fourth-order valence-electron chi connectivity index (χ4n) is 2.16. The van der Waals surface area contributed by atoms with Gasteiger partial charge in [0.2, 0.25) is 5.60 Å². The summed E-state index contributed by atoms with van der Waals surface area (Å²) >= 11 is 0.916. The smallest absolute Gasteiger partial charge is 0.426 e. The molecule has 1 unspecified atom stereocenters. The highest BCUT2D eigenvalue weighted by atomic mass is 32.1. The number of thiophene rings is 1. The molecule has 0 radical (unpaired) electrons. The quantitative estimate of drug-likeness (QED) is 0.921. The number of methoxy groups -OCH3 is 1. The van der Waals surface area contributed by atoms with Gasteiger partial charge in [-0.15, -0.1) is 11.3 Å². The van der Waals surface area contributed by atoms with E-state index >= 15 is 0 Å². The van der Waals surface area contributed by atoms with Crippen LogP contribution in [0.5, 0.6) is 5.75 Å². The average molecular weight is 316 g/mol. The molecule has 2 nitrogen and oxygen atoms in total. The van der Waals surface area contributed by atoms with Crippen LogP contribution in [0.3, 0.4) is 0 Å². The Balaban J connectivity index is 2.76. The molecule has 114 valence electrons. The molecule has 6 heteroatoms. The minimum atomic E-state index is -4.86. The maximum atomic E-state index is 13.6. The van der Waals surface area contributed by atoms with Crippen LogP contribution in [0.1, 0.15) is 20.9 Å². The minimum absolute atomic E-state index is 0.00600. The maximum Gasteiger partial charge on any atom is 0.426 e. The molecule has 0 saturated heterocycles. The van der Waals surface area contributed by atoms with Gasteiger partial charge in [0.25, 0.3) is 0 Å². The number of aliphatic hydroxyl groups is 1. The molecule has 1 atom stereocenters. The zero-order valence-electron chi connectivity index (χ0n) is 11.8. The number of halogens is 3. The van der Waals surface area contributed by atoms with E-state index < -0.39 is 11.8 Å². The first kappa shape index (κ1) is 15.9. The van der Waals surface area contributed by atoms with E-state index in [0.717, 1.165) is 11.3 Å². The largest absolute Gasteiger partial charge is 0.496 e. The topological polar surface area (TPSA) is 29.5 Å². The van der Waals surface area contributed by atoms with Crippen molar-refractivity contribution in [3.8, 4) is 5.75 Å². The lowest BCUT2D eigenvalue weighted by atomic mass is 9.89. The van der Waals surface area contributed by atoms with Crippen molar-refractivity contribution in [1.29, 1.82) is 0 Å². The highest BCUT2D eigenvalue weighted by Gasteiger charge is 2.58. The van der Waals surface area contributed by atoms with Crippen molar-refractivity contribution < 1.29 is 23.0 Å². The molecule has 2 aromatic rings. The van der Waals surface area contributed by atoms with Crippen LogP contribution in [0.25, 0.3) is 0 Å². The van der Waals surface area contributed by atoms with Crippen LogP contribution in [0.2, 0.25) is 0 Å². The van der Waals surface area contributed by atoms with E-state index in [4.69, 9.17) is 4.74 Å². The Kier molecular flexibility index (Phi) is 4.04. The second-order valence-electron chi connectivity index (χ2n) is 4.82.